The molecule has 2 amide bonds. The number of carbonyl (C=O) groups is 1. The van der Waals surface area contributed by atoms with Crippen LogP contribution >= 0.6 is 0 Å². The zero-order chi connectivity index (χ0) is 18.6. The van der Waals surface area contributed by atoms with Gasteiger partial charge < -0.3 is 14.8 Å². The molecule has 5 heteroatoms. The van der Waals surface area contributed by atoms with Gasteiger partial charge in [0.25, 0.3) is 0 Å². The Hall–Kier alpha value is -1.59. The molecule has 1 spiro atoms. The SMILES string of the molecule is CC1(C)CC(NC(=O)N2CC3(CCOCC3)c3ccccc32)C(C)(C)O1. The van der Waals surface area contributed by atoms with Crippen LogP contribution in [-0.4, -0.2) is 43.0 Å². The molecule has 142 valence electrons. The molecule has 2 fully saturated rings. The third-order valence-corrected chi connectivity index (χ3v) is 6.29. The zero-order valence-corrected chi connectivity index (χ0v) is 16.3. The van der Waals surface area contributed by atoms with Gasteiger partial charge in [0, 0.05) is 30.9 Å². The van der Waals surface area contributed by atoms with Gasteiger partial charge in [-0.05, 0) is 58.6 Å². The maximum Gasteiger partial charge on any atom is 0.322 e. The van der Waals surface area contributed by atoms with E-state index in [1.807, 2.05) is 11.0 Å². The molecule has 3 aliphatic heterocycles. The maximum absolute atomic E-state index is 13.2. The first-order valence-electron chi connectivity index (χ1n) is 9.68. The van der Waals surface area contributed by atoms with Crippen LogP contribution in [0.25, 0.3) is 0 Å². The minimum atomic E-state index is -0.366. The molecular weight excluding hydrogens is 328 g/mol. The first-order valence-corrected chi connectivity index (χ1v) is 9.68. The van der Waals surface area contributed by atoms with Crippen LogP contribution in [0.2, 0.25) is 0 Å². The van der Waals surface area contributed by atoms with E-state index in [1.54, 1.807) is 0 Å². The van der Waals surface area contributed by atoms with E-state index in [4.69, 9.17) is 9.47 Å². The predicted octanol–water partition coefficient (Wildman–Crippen LogP) is 3.61. The fourth-order valence-electron chi connectivity index (χ4n) is 5.02. The number of rotatable bonds is 1. The lowest BCUT2D eigenvalue weighted by atomic mass is 9.76. The van der Waals surface area contributed by atoms with Crippen molar-refractivity contribution >= 4 is 11.7 Å². The van der Waals surface area contributed by atoms with E-state index in [0.29, 0.717) is 0 Å². The van der Waals surface area contributed by atoms with E-state index in [-0.39, 0.29) is 28.7 Å². The number of amides is 2. The summed E-state index contributed by atoms with van der Waals surface area (Å²) in [7, 11) is 0. The number of fused-ring (bicyclic) bond motifs is 2. The van der Waals surface area contributed by atoms with Gasteiger partial charge in [0.05, 0.1) is 17.2 Å². The fraction of sp³-hybridized carbons (Fsp3) is 0.667. The highest BCUT2D eigenvalue weighted by Gasteiger charge is 2.49. The topological polar surface area (TPSA) is 50.8 Å². The second-order valence-electron chi connectivity index (χ2n) is 9.17. The average Bonchev–Trinajstić information content (AvgIpc) is 2.99. The van der Waals surface area contributed by atoms with Gasteiger partial charge in [-0.15, -0.1) is 0 Å². The van der Waals surface area contributed by atoms with E-state index in [0.717, 1.165) is 44.7 Å². The van der Waals surface area contributed by atoms with E-state index in [2.05, 4.69) is 51.2 Å². The summed E-state index contributed by atoms with van der Waals surface area (Å²) in [5.41, 5.74) is 1.79. The highest BCUT2D eigenvalue weighted by atomic mass is 16.5. The number of ether oxygens (including phenoxy) is 2. The molecule has 0 aliphatic carbocycles. The van der Waals surface area contributed by atoms with E-state index >= 15 is 0 Å². The number of para-hydroxylation sites is 1. The van der Waals surface area contributed by atoms with Crippen molar-refractivity contribution in [3.63, 3.8) is 0 Å². The van der Waals surface area contributed by atoms with Crippen molar-refractivity contribution in [2.45, 2.75) is 69.6 Å². The predicted molar refractivity (Wildman–Crippen MR) is 102 cm³/mol. The summed E-state index contributed by atoms with van der Waals surface area (Å²) in [4.78, 5) is 15.1. The number of anilines is 1. The number of carbonyl (C=O) groups excluding carboxylic acids is 1. The largest absolute Gasteiger partial charge is 0.381 e. The van der Waals surface area contributed by atoms with Crippen molar-refractivity contribution < 1.29 is 14.3 Å². The van der Waals surface area contributed by atoms with Gasteiger partial charge in [-0.2, -0.15) is 0 Å². The molecule has 1 unspecified atom stereocenters. The van der Waals surface area contributed by atoms with Gasteiger partial charge in [0.2, 0.25) is 0 Å². The molecule has 1 atom stereocenters. The molecule has 3 aliphatic rings. The lowest BCUT2D eigenvalue weighted by Crippen LogP contribution is -2.52. The van der Waals surface area contributed by atoms with Gasteiger partial charge in [-0.1, -0.05) is 18.2 Å². The summed E-state index contributed by atoms with van der Waals surface area (Å²) in [5, 5.41) is 3.26. The Morgan fingerprint density at radius 1 is 1.15 bits per heavy atom. The Morgan fingerprint density at radius 2 is 1.85 bits per heavy atom. The Kier molecular flexibility index (Phi) is 4.08. The number of nitrogens with one attached hydrogen (secondary N) is 1. The van der Waals surface area contributed by atoms with Gasteiger partial charge in [-0.3, -0.25) is 4.90 Å². The molecule has 0 radical (unpaired) electrons. The van der Waals surface area contributed by atoms with Crippen molar-refractivity contribution in [2.24, 2.45) is 0 Å². The number of benzene rings is 1. The lowest BCUT2D eigenvalue weighted by molar-refractivity contribution is -0.0690. The summed E-state index contributed by atoms with van der Waals surface area (Å²) in [6, 6.07) is 8.33. The second-order valence-corrected chi connectivity index (χ2v) is 9.17. The van der Waals surface area contributed by atoms with Crippen LogP contribution in [0.15, 0.2) is 24.3 Å². The summed E-state index contributed by atoms with van der Waals surface area (Å²) in [5.74, 6) is 0. The molecule has 5 nitrogen and oxygen atoms in total. The fourth-order valence-corrected chi connectivity index (χ4v) is 5.02. The molecule has 2 saturated heterocycles. The van der Waals surface area contributed by atoms with E-state index in [1.165, 1.54) is 5.56 Å². The van der Waals surface area contributed by atoms with Gasteiger partial charge in [0.15, 0.2) is 0 Å². The summed E-state index contributed by atoms with van der Waals surface area (Å²) < 4.78 is 11.7. The number of urea groups is 1. The molecule has 0 bridgehead atoms. The third-order valence-electron chi connectivity index (χ3n) is 6.29. The Bertz CT molecular complexity index is 707. The number of nitrogens with zero attached hydrogens (tertiary/aromatic N) is 1. The molecular formula is C21H30N2O3. The first-order chi connectivity index (χ1) is 12.2. The van der Waals surface area contributed by atoms with Crippen molar-refractivity contribution in [1.82, 2.24) is 5.32 Å². The highest BCUT2D eigenvalue weighted by Crippen LogP contribution is 2.47. The quantitative estimate of drug-likeness (QED) is 0.834. The highest BCUT2D eigenvalue weighted by molar-refractivity contribution is 5.95. The van der Waals surface area contributed by atoms with Crippen molar-refractivity contribution in [1.29, 1.82) is 0 Å². The molecule has 0 aromatic heterocycles. The normalized spacial score (nSPS) is 28.2. The average molecular weight is 358 g/mol. The summed E-state index contributed by atoms with van der Waals surface area (Å²) in [6.07, 6.45) is 2.76. The van der Waals surface area contributed by atoms with Crippen molar-refractivity contribution in [2.75, 3.05) is 24.7 Å². The van der Waals surface area contributed by atoms with Gasteiger partial charge in [0.1, 0.15) is 0 Å². The molecule has 4 rings (SSSR count). The third kappa shape index (κ3) is 2.91. The van der Waals surface area contributed by atoms with Crippen LogP contribution in [0, 0.1) is 0 Å². The lowest BCUT2D eigenvalue weighted by Gasteiger charge is -2.34. The van der Waals surface area contributed by atoms with E-state index < -0.39 is 0 Å². The van der Waals surface area contributed by atoms with Gasteiger partial charge >= 0.3 is 6.03 Å². The number of hydrogen-bond acceptors (Lipinski definition) is 3. The minimum Gasteiger partial charge on any atom is -0.381 e. The van der Waals surface area contributed by atoms with Crippen LogP contribution in [0.5, 0.6) is 0 Å². The molecule has 1 N–H and O–H groups in total. The van der Waals surface area contributed by atoms with Crippen LogP contribution in [0.3, 0.4) is 0 Å². The van der Waals surface area contributed by atoms with Crippen LogP contribution in [-0.2, 0) is 14.9 Å². The Labute approximate surface area is 156 Å². The van der Waals surface area contributed by atoms with Crippen LogP contribution in [0.1, 0.15) is 52.5 Å². The standard InChI is InChI=1S/C21H30N2O3/c1-19(2)13-17(20(3,4)26-19)22-18(24)23-14-21(9-11-25-12-10-21)15-7-5-6-8-16(15)23/h5-8,17H,9-14H2,1-4H3,(H,22,24). The zero-order valence-electron chi connectivity index (χ0n) is 16.3. The molecule has 26 heavy (non-hydrogen) atoms. The second kappa shape index (κ2) is 5.96. The van der Waals surface area contributed by atoms with Crippen LogP contribution in [0.4, 0.5) is 10.5 Å². The molecule has 0 saturated carbocycles. The van der Waals surface area contributed by atoms with Gasteiger partial charge in [-0.25, -0.2) is 4.79 Å². The summed E-state index contributed by atoms with van der Waals surface area (Å²) in [6.45, 7) is 10.6. The summed E-state index contributed by atoms with van der Waals surface area (Å²) >= 11 is 0. The Morgan fingerprint density at radius 3 is 2.50 bits per heavy atom. The van der Waals surface area contributed by atoms with Crippen molar-refractivity contribution in [3.05, 3.63) is 29.8 Å². The van der Waals surface area contributed by atoms with Crippen molar-refractivity contribution in [3.8, 4) is 0 Å². The maximum atomic E-state index is 13.2. The molecule has 1 aromatic carbocycles. The smallest absolute Gasteiger partial charge is 0.322 e. The molecule has 1 aromatic rings. The number of hydrogen-bond donors (Lipinski definition) is 1. The Balaban J connectivity index is 1.57. The minimum absolute atomic E-state index is 0.00315. The monoisotopic (exact) mass is 358 g/mol. The molecule has 3 heterocycles. The first kappa shape index (κ1) is 17.8. The van der Waals surface area contributed by atoms with Crippen LogP contribution < -0.4 is 10.2 Å². The van der Waals surface area contributed by atoms with E-state index in [9.17, 15) is 4.79 Å².